The summed E-state index contributed by atoms with van der Waals surface area (Å²) in [6, 6.07) is 11.6. The zero-order valence-corrected chi connectivity index (χ0v) is 18.0. The van der Waals surface area contributed by atoms with Gasteiger partial charge in [0.05, 0.1) is 17.2 Å². The number of nitrogens with zero attached hydrogens (tertiary/aromatic N) is 1. The third-order valence-corrected chi connectivity index (χ3v) is 5.52. The van der Waals surface area contributed by atoms with Crippen molar-refractivity contribution in [2.24, 2.45) is 5.92 Å². The Morgan fingerprint density at radius 1 is 1.20 bits per heavy atom. The minimum absolute atomic E-state index is 0.00151. The Morgan fingerprint density at radius 2 is 1.97 bits per heavy atom. The third-order valence-electron chi connectivity index (χ3n) is 5.17. The minimum Gasteiger partial charge on any atom is -0.350 e. The van der Waals surface area contributed by atoms with Gasteiger partial charge in [0.15, 0.2) is 0 Å². The van der Waals surface area contributed by atoms with E-state index >= 15 is 0 Å². The van der Waals surface area contributed by atoms with E-state index < -0.39 is 0 Å². The molecule has 2 aromatic carbocycles. The number of carbonyl (C=O) groups excluding carboxylic acids is 2. The number of rotatable bonds is 6. The molecular weight excluding hydrogens is 405 g/mol. The van der Waals surface area contributed by atoms with Crippen LogP contribution in [0, 0.1) is 11.7 Å². The fourth-order valence-corrected chi connectivity index (χ4v) is 3.91. The van der Waals surface area contributed by atoms with Gasteiger partial charge in [-0.05, 0) is 57.5 Å². The van der Waals surface area contributed by atoms with Gasteiger partial charge >= 0.3 is 0 Å². The highest BCUT2D eigenvalue weighted by Gasteiger charge is 2.27. The van der Waals surface area contributed by atoms with E-state index in [-0.39, 0.29) is 29.6 Å². The van der Waals surface area contributed by atoms with Gasteiger partial charge < -0.3 is 10.6 Å². The van der Waals surface area contributed by atoms with Crippen molar-refractivity contribution in [2.75, 3.05) is 18.4 Å². The number of nitrogens with one attached hydrogen (secondary N) is 2. The molecular formula is C23H27ClFN3O2. The van der Waals surface area contributed by atoms with Crippen LogP contribution in [-0.2, 0) is 11.3 Å². The van der Waals surface area contributed by atoms with Crippen molar-refractivity contribution in [3.05, 3.63) is 64.4 Å². The van der Waals surface area contributed by atoms with Crippen molar-refractivity contribution in [3.63, 3.8) is 0 Å². The van der Waals surface area contributed by atoms with Crippen molar-refractivity contribution in [2.45, 2.75) is 39.3 Å². The number of anilines is 1. The van der Waals surface area contributed by atoms with E-state index in [4.69, 9.17) is 11.6 Å². The highest BCUT2D eigenvalue weighted by Crippen LogP contribution is 2.25. The highest BCUT2D eigenvalue weighted by molar-refractivity contribution is 6.31. The molecule has 0 aliphatic carbocycles. The van der Waals surface area contributed by atoms with Crippen LogP contribution >= 0.6 is 11.6 Å². The van der Waals surface area contributed by atoms with E-state index in [1.807, 2.05) is 13.8 Å². The number of hydrogen-bond donors (Lipinski definition) is 2. The number of piperidine rings is 1. The largest absolute Gasteiger partial charge is 0.350 e. The van der Waals surface area contributed by atoms with Gasteiger partial charge in [0.25, 0.3) is 5.91 Å². The lowest BCUT2D eigenvalue weighted by molar-refractivity contribution is -0.121. The Balaban J connectivity index is 1.67. The molecule has 1 aliphatic heterocycles. The lowest BCUT2D eigenvalue weighted by Crippen LogP contribution is -2.40. The number of para-hydroxylation sites is 1. The molecule has 1 unspecified atom stereocenters. The Kier molecular flexibility index (Phi) is 7.45. The molecule has 2 N–H and O–H groups in total. The van der Waals surface area contributed by atoms with Gasteiger partial charge in [-0.2, -0.15) is 0 Å². The Morgan fingerprint density at radius 3 is 2.70 bits per heavy atom. The number of benzene rings is 2. The molecule has 3 rings (SSSR count). The average Bonchev–Trinajstić information content (AvgIpc) is 2.71. The molecule has 0 spiro atoms. The van der Waals surface area contributed by atoms with Gasteiger partial charge in [0, 0.05) is 29.7 Å². The lowest BCUT2D eigenvalue weighted by atomic mass is 9.96. The molecule has 160 valence electrons. The molecule has 1 atom stereocenters. The van der Waals surface area contributed by atoms with Gasteiger partial charge in [0.1, 0.15) is 5.82 Å². The second-order valence-electron chi connectivity index (χ2n) is 7.94. The van der Waals surface area contributed by atoms with Gasteiger partial charge in [-0.25, -0.2) is 4.39 Å². The topological polar surface area (TPSA) is 61.4 Å². The quantitative estimate of drug-likeness (QED) is 0.709. The normalized spacial score (nSPS) is 17.0. The number of likely N-dealkylation sites (tertiary alicyclic amines) is 1. The van der Waals surface area contributed by atoms with Crippen LogP contribution in [0.1, 0.15) is 42.6 Å². The lowest BCUT2D eigenvalue weighted by Gasteiger charge is -2.32. The summed E-state index contributed by atoms with van der Waals surface area (Å²) in [5.41, 5.74) is 1.39. The molecule has 1 aliphatic rings. The molecule has 1 fully saturated rings. The van der Waals surface area contributed by atoms with Crippen LogP contribution < -0.4 is 10.6 Å². The maximum atomic E-state index is 14.1. The van der Waals surface area contributed by atoms with Crippen molar-refractivity contribution in [1.29, 1.82) is 0 Å². The maximum Gasteiger partial charge on any atom is 0.253 e. The fraction of sp³-hybridized carbons (Fsp3) is 0.391. The van der Waals surface area contributed by atoms with Gasteiger partial charge in [0.2, 0.25) is 5.91 Å². The summed E-state index contributed by atoms with van der Waals surface area (Å²) in [5.74, 6) is -0.936. The summed E-state index contributed by atoms with van der Waals surface area (Å²) in [6.07, 6.45) is 1.58. The second-order valence-corrected chi connectivity index (χ2v) is 8.34. The Bertz CT molecular complexity index is 899. The van der Waals surface area contributed by atoms with Crippen molar-refractivity contribution in [1.82, 2.24) is 10.2 Å². The molecule has 0 radical (unpaired) electrons. The Labute approximate surface area is 181 Å². The predicted molar refractivity (Wildman–Crippen MR) is 117 cm³/mol. The summed E-state index contributed by atoms with van der Waals surface area (Å²) < 4.78 is 14.1. The predicted octanol–water partition coefficient (Wildman–Crippen LogP) is 4.47. The van der Waals surface area contributed by atoms with E-state index in [0.29, 0.717) is 34.9 Å². The summed E-state index contributed by atoms with van der Waals surface area (Å²) in [6.45, 7) is 5.43. The molecule has 1 heterocycles. The second kappa shape index (κ2) is 10.0. The first kappa shape index (κ1) is 22.2. The van der Waals surface area contributed by atoms with E-state index in [9.17, 15) is 14.0 Å². The number of halogens is 2. The summed E-state index contributed by atoms with van der Waals surface area (Å²) in [4.78, 5) is 27.4. The van der Waals surface area contributed by atoms with E-state index in [1.54, 1.807) is 36.4 Å². The number of carbonyl (C=O) groups is 2. The van der Waals surface area contributed by atoms with Crippen LogP contribution in [0.15, 0.2) is 42.5 Å². The van der Waals surface area contributed by atoms with E-state index in [2.05, 4.69) is 15.5 Å². The number of hydrogen-bond acceptors (Lipinski definition) is 3. The average molecular weight is 432 g/mol. The monoisotopic (exact) mass is 431 g/mol. The molecule has 1 saturated heterocycles. The zero-order valence-electron chi connectivity index (χ0n) is 17.3. The minimum atomic E-state index is -0.334. The van der Waals surface area contributed by atoms with Crippen LogP contribution in [-0.4, -0.2) is 35.8 Å². The Hall–Kier alpha value is -2.44. The fourth-order valence-electron chi connectivity index (χ4n) is 3.69. The van der Waals surface area contributed by atoms with E-state index in [0.717, 1.165) is 19.4 Å². The van der Waals surface area contributed by atoms with Crippen molar-refractivity contribution in [3.8, 4) is 0 Å². The van der Waals surface area contributed by atoms with Crippen LogP contribution in [0.4, 0.5) is 10.1 Å². The smallest absolute Gasteiger partial charge is 0.253 e. The molecule has 0 saturated carbocycles. The molecule has 0 aromatic heterocycles. The third kappa shape index (κ3) is 5.58. The van der Waals surface area contributed by atoms with Crippen molar-refractivity contribution >= 4 is 29.1 Å². The molecule has 2 aromatic rings. The first-order valence-corrected chi connectivity index (χ1v) is 10.6. The first-order valence-electron chi connectivity index (χ1n) is 10.2. The summed E-state index contributed by atoms with van der Waals surface area (Å²) >= 11 is 6.15. The van der Waals surface area contributed by atoms with Crippen LogP contribution in [0.3, 0.4) is 0 Å². The molecule has 5 nitrogen and oxygen atoms in total. The SMILES string of the molecule is CC(C)NC(=O)c1ccccc1NC(=O)C1CCCN(Cc2c(F)cccc2Cl)C1. The summed E-state index contributed by atoms with van der Waals surface area (Å²) in [7, 11) is 0. The maximum absolute atomic E-state index is 14.1. The molecule has 2 amide bonds. The van der Waals surface area contributed by atoms with Gasteiger partial charge in [-0.1, -0.05) is 29.8 Å². The summed E-state index contributed by atoms with van der Waals surface area (Å²) in [5, 5.41) is 6.16. The van der Waals surface area contributed by atoms with Gasteiger partial charge in [-0.15, -0.1) is 0 Å². The zero-order chi connectivity index (χ0) is 21.7. The van der Waals surface area contributed by atoms with Crippen LogP contribution in [0.2, 0.25) is 5.02 Å². The molecule has 30 heavy (non-hydrogen) atoms. The molecule has 0 bridgehead atoms. The first-order chi connectivity index (χ1) is 14.3. The highest BCUT2D eigenvalue weighted by atomic mass is 35.5. The number of amides is 2. The van der Waals surface area contributed by atoms with Gasteiger partial charge in [-0.3, -0.25) is 14.5 Å². The van der Waals surface area contributed by atoms with Crippen molar-refractivity contribution < 1.29 is 14.0 Å². The molecule has 7 heteroatoms. The standard InChI is InChI=1S/C23H27ClFN3O2/c1-15(2)26-23(30)17-8-3-4-11-21(17)27-22(29)16-7-6-12-28(13-16)14-18-19(24)9-5-10-20(18)25/h3-5,8-11,15-16H,6-7,12-14H2,1-2H3,(H,26,30)(H,27,29). The van der Waals surface area contributed by atoms with Crippen LogP contribution in [0.25, 0.3) is 0 Å². The van der Waals surface area contributed by atoms with Crippen LogP contribution in [0.5, 0.6) is 0 Å². The van der Waals surface area contributed by atoms with E-state index in [1.165, 1.54) is 6.07 Å².